The van der Waals surface area contributed by atoms with E-state index in [9.17, 15) is 4.79 Å². The lowest BCUT2D eigenvalue weighted by molar-refractivity contribution is -0.114. The molecule has 0 fully saturated rings. The predicted molar refractivity (Wildman–Crippen MR) is 108 cm³/mol. The highest BCUT2D eigenvalue weighted by Crippen LogP contribution is 2.23. The molecule has 0 heterocycles. The third kappa shape index (κ3) is 4.54. The predicted octanol–water partition coefficient (Wildman–Crippen LogP) is 5.07. The van der Waals surface area contributed by atoms with Gasteiger partial charge in [-0.2, -0.15) is 0 Å². The maximum atomic E-state index is 12.3. The topological polar surface area (TPSA) is 50.4 Å². The van der Waals surface area contributed by atoms with Crippen LogP contribution >= 0.6 is 0 Å². The summed E-state index contributed by atoms with van der Waals surface area (Å²) in [4.78, 5) is 12.3. The highest BCUT2D eigenvalue weighted by molar-refractivity contribution is 6.03. The van der Waals surface area contributed by atoms with Crippen molar-refractivity contribution in [3.63, 3.8) is 0 Å². The summed E-state index contributed by atoms with van der Waals surface area (Å²) in [6, 6.07) is 21.6. The minimum Gasteiger partial charge on any atom is -0.491 e. The minimum absolute atomic E-state index is 0.0821. The smallest absolute Gasteiger partial charge is 0.243 e. The van der Waals surface area contributed by atoms with Crippen molar-refractivity contribution in [2.45, 2.75) is 26.4 Å². The number of nitrogens with one attached hydrogen (secondary N) is 2. The molecule has 0 aliphatic carbocycles. The second-order valence-electron chi connectivity index (χ2n) is 6.29. The zero-order chi connectivity index (χ0) is 18.4. The van der Waals surface area contributed by atoms with Crippen molar-refractivity contribution in [1.29, 1.82) is 0 Å². The summed E-state index contributed by atoms with van der Waals surface area (Å²) in [6.07, 6.45) is 1.16. The lowest BCUT2D eigenvalue weighted by atomic mass is 10.1. The van der Waals surface area contributed by atoms with Crippen molar-refractivity contribution < 1.29 is 9.53 Å². The Morgan fingerprint density at radius 1 is 1.00 bits per heavy atom. The zero-order valence-corrected chi connectivity index (χ0v) is 15.2. The van der Waals surface area contributed by atoms with Gasteiger partial charge in [-0.1, -0.05) is 43.3 Å². The van der Waals surface area contributed by atoms with Crippen LogP contribution in [-0.4, -0.2) is 18.6 Å². The van der Waals surface area contributed by atoms with Crippen molar-refractivity contribution in [2.75, 3.05) is 17.2 Å². The van der Waals surface area contributed by atoms with Gasteiger partial charge in [0.15, 0.2) is 0 Å². The molecule has 4 nitrogen and oxygen atoms in total. The molecule has 1 atom stereocenters. The number of benzene rings is 3. The molecule has 0 aromatic heterocycles. The Labute approximate surface area is 154 Å². The Hall–Kier alpha value is -3.01. The van der Waals surface area contributed by atoms with E-state index >= 15 is 0 Å². The van der Waals surface area contributed by atoms with Crippen LogP contribution in [0.5, 0.6) is 5.75 Å². The van der Waals surface area contributed by atoms with Crippen molar-refractivity contribution in [3.05, 3.63) is 66.7 Å². The Balaban J connectivity index is 1.57. The molecule has 0 aliphatic heterocycles. The number of amides is 1. The third-order valence-electron chi connectivity index (χ3n) is 4.28. The summed E-state index contributed by atoms with van der Waals surface area (Å²) >= 11 is 0. The van der Waals surface area contributed by atoms with Gasteiger partial charge >= 0.3 is 0 Å². The highest BCUT2D eigenvalue weighted by atomic mass is 16.5. The van der Waals surface area contributed by atoms with Crippen molar-refractivity contribution in [3.8, 4) is 5.75 Å². The molecule has 0 radical (unpaired) electrons. The van der Waals surface area contributed by atoms with Gasteiger partial charge in [0.25, 0.3) is 0 Å². The monoisotopic (exact) mass is 348 g/mol. The van der Waals surface area contributed by atoms with E-state index in [1.54, 1.807) is 0 Å². The number of anilines is 2. The number of fused-ring (bicyclic) bond motifs is 1. The van der Waals surface area contributed by atoms with Crippen LogP contribution < -0.4 is 15.4 Å². The fraction of sp³-hybridized carbons (Fsp3) is 0.227. The van der Waals surface area contributed by atoms with E-state index in [4.69, 9.17) is 4.74 Å². The van der Waals surface area contributed by atoms with Gasteiger partial charge in [-0.15, -0.1) is 0 Å². The number of hydrogen-bond donors (Lipinski definition) is 2. The molecule has 2 N–H and O–H groups in total. The molecule has 134 valence electrons. The molecule has 0 saturated carbocycles. The van der Waals surface area contributed by atoms with Gasteiger partial charge in [0.2, 0.25) is 5.91 Å². The molecule has 3 aromatic carbocycles. The van der Waals surface area contributed by atoms with Gasteiger partial charge < -0.3 is 15.4 Å². The number of hydrogen-bond acceptors (Lipinski definition) is 3. The van der Waals surface area contributed by atoms with Gasteiger partial charge in [0, 0.05) is 16.8 Å². The Morgan fingerprint density at radius 2 is 1.73 bits per heavy atom. The molecule has 26 heavy (non-hydrogen) atoms. The van der Waals surface area contributed by atoms with Gasteiger partial charge in [0.05, 0.1) is 12.6 Å². The van der Waals surface area contributed by atoms with Gasteiger partial charge in [0.1, 0.15) is 5.75 Å². The van der Waals surface area contributed by atoms with E-state index in [1.165, 1.54) is 0 Å². The Morgan fingerprint density at radius 3 is 2.50 bits per heavy atom. The average Bonchev–Trinajstić information content (AvgIpc) is 2.67. The average molecular weight is 348 g/mol. The molecular formula is C22H24N2O2. The molecule has 1 unspecified atom stereocenters. The normalized spacial score (nSPS) is 11.8. The van der Waals surface area contributed by atoms with Crippen molar-refractivity contribution in [2.24, 2.45) is 0 Å². The fourth-order valence-corrected chi connectivity index (χ4v) is 2.68. The highest BCUT2D eigenvalue weighted by Gasteiger charge is 2.06. The third-order valence-corrected chi connectivity index (χ3v) is 4.28. The maximum absolute atomic E-state index is 12.3. The SMILES string of the molecule is CCC(C)Oc1ccc(NCC(=O)Nc2cccc3ccccc23)cc1. The summed E-state index contributed by atoms with van der Waals surface area (Å²) in [5, 5.41) is 8.26. The molecule has 0 spiro atoms. The Kier molecular flexibility index (Phi) is 5.74. The van der Waals surface area contributed by atoms with Crippen molar-refractivity contribution >= 4 is 28.1 Å². The zero-order valence-electron chi connectivity index (χ0n) is 15.2. The van der Waals surface area contributed by atoms with E-state index in [-0.39, 0.29) is 18.6 Å². The van der Waals surface area contributed by atoms with Crippen LogP contribution in [0.2, 0.25) is 0 Å². The van der Waals surface area contributed by atoms with Crippen LogP contribution in [0.25, 0.3) is 10.8 Å². The van der Waals surface area contributed by atoms with E-state index < -0.39 is 0 Å². The number of rotatable bonds is 7. The van der Waals surface area contributed by atoms with Crippen LogP contribution in [0.3, 0.4) is 0 Å². The van der Waals surface area contributed by atoms with E-state index in [0.717, 1.165) is 34.3 Å². The lowest BCUT2D eigenvalue weighted by Crippen LogP contribution is -2.21. The number of ether oxygens (including phenoxy) is 1. The minimum atomic E-state index is -0.0821. The quantitative estimate of drug-likeness (QED) is 0.627. The van der Waals surface area contributed by atoms with Crippen LogP contribution in [-0.2, 0) is 4.79 Å². The number of carbonyl (C=O) groups is 1. The molecular weight excluding hydrogens is 324 g/mol. The molecule has 0 aliphatic rings. The molecule has 1 amide bonds. The summed E-state index contributed by atoms with van der Waals surface area (Å²) in [7, 11) is 0. The van der Waals surface area contributed by atoms with Crippen LogP contribution in [0.1, 0.15) is 20.3 Å². The second kappa shape index (κ2) is 8.39. The van der Waals surface area contributed by atoms with Crippen LogP contribution in [0.4, 0.5) is 11.4 Å². The van der Waals surface area contributed by atoms with Gasteiger partial charge in [-0.25, -0.2) is 0 Å². The van der Waals surface area contributed by atoms with Crippen molar-refractivity contribution in [1.82, 2.24) is 0 Å². The van der Waals surface area contributed by atoms with Crippen LogP contribution in [0, 0.1) is 0 Å². The van der Waals surface area contributed by atoms with Crippen LogP contribution in [0.15, 0.2) is 66.7 Å². The Bertz CT molecular complexity index is 869. The first-order valence-electron chi connectivity index (χ1n) is 8.94. The van der Waals surface area contributed by atoms with Gasteiger partial charge in [-0.05, 0) is 49.1 Å². The summed E-state index contributed by atoms with van der Waals surface area (Å²) in [5.41, 5.74) is 1.71. The summed E-state index contributed by atoms with van der Waals surface area (Å²) < 4.78 is 5.76. The van der Waals surface area contributed by atoms with E-state index in [0.29, 0.717) is 0 Å². The fourth-order valence-electron chi connectivity index (χ4n) is 2.68. The molecule has 3 aromatic rings. The maximum Gasteiger partial charge on any atom is 0.243 e. The first kappa shape index (κ1) is 17.8. The molecule has 3 rings (SSSR count). The largest absolute Gasteiger partial charge is 0.491 e. The lowest BCUT2D eigenvalue weighted by Gasteiger charge is -2.13. The first-order valence-corrected chi connectivity index (χ1v) is 8.94. The molecule has 0 bridgehead atoms. The molecule has 0 saturated heterocycles. The molecule has 4 heteroatoms. The van der Waals surface area contributed by atoms with Gasteiger partial charge in [-0.3, -0.25) is 4.79 Å². The first-order chi connectivity index (χ1) is 12.7. The second-order valence-corrected chi connectivity index (χ2v) is 6.29. The van der Waals surface area contributed by atoms with E-state index in [1.807, 2.05) is 73.7 Å². The summed E-state index contributed by atoms with van der Waals surface area (Å²) in [6.45, 7) is 4.34. The number of carbonyl (C=O) groups excluding carboxylic acids is 1. The van der Waals surface area contributed by atoms with E-state index in [2.05, 4.69) is 17.6 Å². The summed E-state index contributed by atoms with van der Waals surface area (Å²) in [5.74, 6) is 0.756. The standard InChI is InChI=1S/C22H24N2O2/c1-3-16(2)26-19-13-11-18(12-14-19)23-15-22(25)24-21-10-6-8-17-7-4-5-9-20(17)21/h4-14,16,23H,3,15H2,1-2H3,(H,24,25).